The van der Waals surface area contributed by atoms with E-state index in [9.17, 15) is 9.90 Å². The number of methoxy groups -OCH3 is 1. The molecule has 0 aliphatic heterocycles. The van der Waals surface area contributed by atoms with Gasteiger partial charge < -0.3 is 34.9 Å². The van der Waals surface area contributed by atoms with Crippen LogP contribution in [0.15, 0.2) is 59.1 Å². The van der Waals surface area contributed by atoms with Gasteiger partial charge in [-0.25, -0.2) is 14.8 Å². The molecule has 40 heavy (non-hydrogen) atoms. The van der Waals surface area contributed by atoms with Gasteiger partial charge in [0.1, 0.15) is 5.69 Å². The summed E-state index contributed by atoms with van der Waals surface area (Å²) in [6, 6.07) is 13.6. The highest BCUT2D eigenvalue weighted by Crippen LogP contribution is 2.35. The summed E-state index contributed by atoms with van der Waals surface area (Å²) in [6.07, 6.45) is 1.58. The number of carbonyl (C=O) groups is 1. The van der Waals surface area contributed by atoms with Crippen LogP contribution in [-0.4, -0.2) is 54.5 Å². The topological polar surface area (TPSA) is 131 Å². The Morgan fingerprint density at radius 3 is 2.67 bits per heavy atom. The van der Waals surface area contributed by atoms with Crippen LogP contribution in [0.4, 0.5) is 22.9 Å². The molecule has 0 unspecified atom stereocenters. The number of carboxylic acid groups (broad SMARTS) is 1. The molecule has 210 valence electrons. The number of carboxylic acids is 1. The van der Waals surface area contributed by atoms with E-state index in [0.29, 0.717) is 70.8 Å². The summed E-state index contributed by atoms with van der Waals surface area (Å²) in [4.78, 5) is 20.8. The van der Waals surface area contributed by atoms with Gasteiger partial charge in [0.15, 0.2) is 11.6 Å². The molecule has 0 bridgehead atoms. The van der Waals surface area contributed by atoms with Crippen LogP contribution in [0.2, 0.25) is 10.0 Å². The Morgan fingerprint density at radius 2 is 1.88 bits per heavy atom. The van der Waals surface area contributed by atoms with Crippen molar-refractivity contribution >= 4 is 52.1 Å². The molecule has 2 aromatic heterocycles. The molecule has 0 fully saturated rings. The number of hydrogen-bond donors (Lipinski definition) is 4. The molecule has 0 aliphatic carbocycles. The summed E-state index contributed by atoms with van der Waals surface area (Å²) in [5, 5.41) is 20.6. The monoisotopic (exact) mass is 585 g/mol. The van der Waals surface area contributed by atoms with Crippen LogP contribution in [0, 0.1) is 6.92 Å². The zero-order chi connectivity index (χ0) is 28.5. The highest BCUT2D eigenvalue weighted by molar-refractivity contribution is 6.35. The van der Waals surface area contributed by atoms with Crippen molar-refractivity contribution in [1.29, 1.82) is 0 Å². The van der Waals surface area contributed by atoms with Gasteiger partial charge in [-0.2, -0.15) is 0 Å². The summed E-state index contributed by atoms with van der Waals surface area (Å²) in [6.45, 7) is 4.03. The second-order valence-electron chi connectivity index (χ2n) is 8.64. The van der Waals surface area contributed by atoms with Crippen LogP contribution in [0.1, 0.15) is 21.9 Å². The standard InChI is InChI=1S/C28H29Cl2N5O5/c1-17-13-23(31-9-10-39-12-11-38-2)26(27(34-17)35-22-6-4-3-5-19(22)28(36)37)33-16-25-32-15-24(40-25)20-14-18(29)7-8-21(20)30/h3-8,13-15,33H,9-12,16H2,1-2H3,(H,36,37)(H2,31,34,35). The first-order chi connectivity index (χ1) is 19.4. The van der Waals surface area contributed by atoms with Gasteiger partial charge in [-0.3, -0.25) is 0 Å². The molecule has 10 nitrogen and oxygen atoms in total. The second-order valence-corrected chi connectivity index (χ2v) is 9.48. The predicted octanol–water partition coefficient (Wildman–Crippen LogP) is 6.48. The average Bonchev–Trinajstić information content (AvgIpc) is 3.40. The number of benzene rings is 2. The van der Waals surface area contributed by atoms with E-state index < -0.39 is 5.97 Å². The predicted molar refractivity (Wildman–Crippen MR) is 156 cm³/mol. The number of oxazole rings is 1. The van der Waals surface area contributed by atoms with E-state index in [4.69, 9.17) is 37.1 Å². The van der Waals surface area contributed by atoms with Gasteiger partial charge in [0.2, 0.25) is 5.89 Å². The van der Waals surface area contributed by atoms with Crippen LogP contribution in [0.3, 0.4) is 0 Å². The highest BCUT2D eigenvalue weighted by atomic mass is 35.5. The first kappa shape index (κ1) is 29.2. The molecule has 0 radical (unpaired) electrons. The van der Waals surface area contributed by atoms with Gasteiger partial charge in [0.25, 0.3) is 0 Å². The molecule has 0 aliphatic rings. The Labute approximate surface area is 241 Å². The zero-order valence-electron chi connectivity index (χ0n) is 22.0. The molecule has 0 amide bonds. The van der Waals surface area contributed by atoms with Crippen molar-refractivity contribution in [1.82, 2.24) is 9.97 Å². The highest BCUT2D eigenvalue weighted by Gasteiger charge is 2.17. The van der Waals surface area contributed by atoms with Crippen molar-refractivity contribution in [3.8, 4) is 11.3 Å². The maximum Gasteiger partial charge on any atom is 0.337 e. The molecule has 4 aromatic rings. The zero-order valence-corrected chi connectivity index (χ0v) is 23.5. The number of aromatic nitrogens is 2. The summed E-state index contributed by atoms with van der Waals surface area (Å²) in [5.41, 5.74) is 3.21. The van der Waals surface area contributed by atoms with Crippen LogP contribution in [0.25, 0.3) is 11.3 Å². The Balaban J connectivity index is 1.60. The Bertz CT molecular complexity index is 1460. The van der Waals surface area contributed by atoms with E-state index in [1.165, 1.54) is 6.07 Å². The minimum Gasteiger partial charge on any atom is -0.478 e. The molecular formula is C28H29Cl2N5O5. The lowest BCUT2D eigenvalue weighted by atomic mass is 10.1. The number of halogens is 2. The van der Waals surface area contributed by atoms with Crippen molar-refractivity contribution in [3.05, 3.63) is 81.9 Å². The number of para-hydroxylation sites is 1. The summed E-state index contributed by atoms with van der Waals surface area (Å²) in [7, 11) is 1.62. The van der Waals surface area contributed by atoms with E-state index in [0.717, 1.165) is 11.4 Å². The van der Waals surface area contributed by atoms with Crippen molar-refractivity contribution in [3.63, 3.8) is 0 Å². The second kappa shape index (κ2) is 14.0. The normalized spacial score (nSPS) is 10.9. The SMILES string of the molecule is COCCOCCNc1cc(C)nc(Nc2ccccc2C(=O)O)c1NCc1ncc(-c2cc(Cl)ccc2Cl)o1. The van der Waals surface area contributed by atoms with Gasteiger partial charge >= 0.3 is 5.97 Å². The van der Waals surface area contributed by atoms with E-state index >= 15 is 0 Å². The molecule has 4 N–H and O–H groups in total. The third-order valence-corrected chi connectivity index (χ3v) is 6.28. The minimum atomic E-state index is -1.05. The number of pyridine rings is 1. The summed E-state index contributed by atoms with van der Waals surface area (Å²) >= 11 is 12.5. The Hall–Kier alpha value is -3.83. The smallest absolute Gasteiger partial charge is 0.337 e. The fourth-order valence-corrected chi connectivity index (χ4v) is 4.24. The molecule has 4 rings (SSSR count). The van der Waals surface area contributed by atoms with Crippen LogP contribution in [-0.2, 0) is 16.0 Å². The van der Waals surface area contributed by atoms with Gasteiger partial charge in [0, 0.05) is 29.9 Å². The number of rotatable bonds is 14. The number of ether oxygens (including phenoxy) is 2. The molecule has 0 atom stereocenters. The van der Waals surface area contributed by atoms with Crippen molar-refractivity contribution < 1.29 is 23.8 Å². The minimum absolute atomic E-state index is 0.119. The Morgan fingerprint density at radius 1 is 1.05 bits per heavy atom. The summed E-state index contributed by atoms with van der Waals surface area (Å²) < 4.78 is 16.5. The number of nitrogens with zero attached hydrogens (tertiary/aromatic N) is 2. The Kier molecular flexibility index (Phi) is 10.2. The van der Waals surface area contributed by atoms with E-state index in [1.807, 2.05) is 13.0 Å². The lowest BCUT2D eigenvalue weighted by Crippen LogP contribution is -2.15. The molecule has 2 aromatic carbocycles. The van der Waals surface area contributed by atoms with E-state index in [-0.39, 0.29) is 12.1 Å². The maximum absolute atomic E-state index is 11.8. The number of nitrogens with one attached hydrogen (secondary N) is 3. The van der Waals surface area contributed by atoms with Gasteiger partial charge in [-0.05, 0) is 43.3 Å². The average molecular weight is 586 g/mol. The molecule has 0 saturated carbocycles. The van der Waals surface area contributed by atoms with Gasteiger partial charge in [-0.15, -0.1) is 0 Å². The molecule has 12 heteroatoms. The lowest BCUT2D eigenvalue weighted by Gasteiger charge is -2.19. The number of aryl methyl sites for hydroxylation is 1. The van der Waals surface area contributed by atoms with Gasteiger partial charge in [-0.1, -0.05) is 35.3 Å². The number of aromatic carboxylic acids is 1. The van der Waals surface area contributed by atoms with Crippen LogP contribution >= 0.6 is 23.2 Å². The van der Waals surface area contributed by atoms with Crippen LogP contribution < -0.4 is 16.0 Å². The van der Waals surface area contributed by atoms with E-state index in [1.54, 1.807) is 49.7 Å². The third-order valence-electron chi connectivity index (χ3n) is 5.72. The first-order valence-electron chi connectivity index (χ1n) is 12.4. The number of anilines is 4. The molecule has 0 spiro atoms. The number of hydrogen-bond acceptors (Lipinski definition) is 9. The fourth-order valence-electron chi connectivity index (χ4n) is 3.86. The van der Waals surface area contributed by atoms with Crippen LogP contribution in [0.5, 0.6) is 0 Å². The summed E-state index contributed by atoms with van der Waals surface area (Å²) in [5.74, 6) is 0.258. The van der Waals surface area contributed by atoms with Crippen molar-refractivity contribution in [2.45, 2.75) is 13.5 Å². The van der Waals surface area contributed by atoms with E-state index in [2.05, 4.69) is 25.9 Å². The lowest BCUT2D eigenvalue weighted by molar-refractivity contribution is 0.0698. The largest absolute Gasteiger partial charge is 0.478 e. The van der Waals surface area contributed by atoms with Gasteiger partial charge in [0.05, 0.1) is 54.5 Å². The maximum atomic E-state index is 11.8. The van der Waals surface area contributed by atoms with Crippen molar-refractivity contribution in [2.24, 2.45) is 0 Å². The third kappa shape index (κ3) is 7.64. The van der Waals surface area contributed by atoms with Crippen molar-refractivity contribution in [2.75, 3.05) is 49.4 Å². The fraction of sp³-hybridized carbons (Fsp3) is 0.250. The quantitative estimate of drug-likeness (QED) is 0.122. The molecular weight excluding hydrogens is 557 g/mol. The molecule has 0 saturated heterocycles. The first-order valence-corrected chi connectivity index (χ1v) is 13.2. The molecule has 2 heterocycles.